The number of hydrogen-bond acceptors (Lipinski definition) is 3. The zero-order valence-electron chi connectivity index (χ0n) is 11.1. The molecule has 0 saturated carbocycles. The van der Waals surface area contributed by atoms with E-state index in [9.17, 15) is 5.11 Å². The maximum atomic E-state index is 9.81. The van der Waals surface area contributed by atoms with Gasteiger partial charge >= 0.3 is 0 Å². The molecule has 0 bridgehead atoms. The van der Waals surface area contributed by atoms with Crippen LogP contribution in [0.2, 0.25) is 0 Å². The second kappa shape index (κ2) is 6.03. The summed E-state index contributed by atoms with van der Waals surface area (Å²) in [5.41, 5.74) is 3.50. The van der Waals surface area contributed by atoms with E-state index < -0.39 is 6.10 Å². The van der Waals surface area contributed by atoms with Gasteiger partial charge in [0.25, 0.3) is 0 Å². The summed E-state index contributed by atoms with van der Waals surface area (Å²) in [6.45, 7) is 4.42. The summed E-state index contributed by atoms with van der Waals surface area (Å²) in [6.07, 6.45) is 2.83. The van der Waals surface area contributed by atoms with Crippen molar-refractivity contribution in [2.45, 2.75) is 19.4 Å². The van der Waals surface area contributed by atoms with E-state index in [1.54, 1.807) is 7.11 Å². The first-order valence-corrected chi connectivity index (χ1v) is 6.41. The van der Waals surface area contributed by atoms with Gasteiger partial charge in [-0.2, -0.15) is 0 Å². The summed E-state index contributed by atoms with van der Waals surface area (Å²) in [4.78, 5) is 2.31. The molecule has 0 aliphatic carbocycles. The van der Waals surface area contributed by atoms with Gasteiger partial charge in [0.05, 0.1) is 12.7 Å². The quantitative estimate of drug-likeness (QED) is 0.830. The molecule has 1 N–H and O–H groups in total. The Morgan fingerprint density at radius 3 is 2.78 bits per heavy atom. The monoisotopic (exact) mass is 247 g/mol. The summed E-state index contributed by atoms with van der Waals surface area (Å²) in [7, 11) is 1.73. The van der Waals surface area contributed by atoms with Crippen LogP contribution in [0.4, 0.5) is 5.69 Å². The number of nitrogens with zero attached hydrogens (tertiary/aromatic N) is 1. The maximum absolute atomic E-state index is 9.81. The highest BCUT2D eigenvalue weighted by Gasteiger charge is 2.16. The molecule has 1 aliphatic rings. The highest BCUT2D eigenvalue weighted by molar-refractivity contribution is 5.55. The first kappa shape index (κ1) is 13.1. The minimum absolute atomic E-state index is 0.425. The average molecular weight is 247 g/mol. The highest BCUT2D eigenvalue weighted by Crippen LogP contribution is 2.28. The Bertz CT molecular complexity index is 426. The molecule has 2 rings (SSSR count). The number of anilines is 1. The van der Waals surface area contributed by atoms with Crippen molar-refractivity contribution in [3.05, 3.63) is 41.5 Å². The maximum Gasteiger partial charge on any atom is 0.0781 e. The van der Waals surface area contributed by atoms with E-state index in [0.717, 1.165) is 37.4 Å². The van der Waals surface area contributed by atoms with E-state index in [0.29, 0.717) is 0 Å². The average Bonchev–Trinajstić information content (AvgIpc) is 2.40. The molecule has 0 radical (unpaired) electrons. The predicted molar refractivity (Wildman–Crippen MR) is 73.9 cm³/mol. The second-order valence-electron chi connectivity index (χ2n) is 4.73. The normalized spacial score (nSPS) is 17.5. The molecule has 0 saturated heterocycles. The van der Waals surface area contributed by atoms with E-state index in [-0.39, 0.29) is 0 Å². The van der Waals surface area contributed by atoms with Crippen molar-refractivity contribution in [3.63, 3.8) is 0 Å². The van der Waals surface area contributed by atoms with Gasteiger partial charge in [0, 0.05) is 31.5 Å². The Hall–Kier alpha value is -1.32. The molecule has 0 aromatic heterocycles. The van der Waals surface area contributed by atoms with Gasteiger partial charge in [-0.25, -0.2) is 0 Å². The van der Waals surface area contributed by atoms with Gasteiger partial charge < -0.3 is 14.7 Å². The third-order valence-electron chi connectivity index (χ3n) is 3.36. The summed E-state index contributed by atoms with van der Waals surface area (Å²) in [5.74, 6) is 0. The molecule has 1 heterocycles. The second-order valence-corrected chi connectivity index (χ2v) is 4.73. The molecule has 98 valence electrons. The first-order valence-electron chi connectivity index (χ1n) is 6.41. The van der Waals surface area contributed by atoms with Gasteiger partial charge in [0.1, 0.15) is 0 Å². The lowest BCUT2D eigenvalue weighted by Gasteiger charge is -2.30. The molecule has 1 unspecified atom stereocenters. The van der Waals surface area contributed by atoms with Crippen molar-refractivity contribution in [2.24, 2.45) is 0 Å². The van der Waals surface area contributed by atoms with Crippen molar-refractivity contribution in [3.8, 4) is 0 Å². The lowest BCUT2D eigenvalue weighted by molar-refractivity contribution is 0.199. The molecule has 1 aliphatic heterocycles. The number of aliphatic hydroxyl groups is 1. The van der Waals surface area contributed by atoms with Crippen LogP contribution in [0.15, 0.2) is 35.9 Å². The molecule has 1 atom stereocenters. The highest BCUT2D eigenvalue weighted by atomic mass is 16.5. The third-order valence-corrected chi connectivity index (χ3v) is 3.36. The van der Waals surface area contributed by atoms with Crippen LogP contribution in [-0.4, -0.2) is 31.9 Å². The lowest BCUT2D eigenvalue weighted by atomic mass is 10.0. The lowest BCUT2D eigenvalue weighted by Crippen LogP contribution is -2.30. The van der Waals surface area contributed by atoms with Crippen LogP contribution in [0.5, 0.6) is 0 Å². The van der Waals surface area contributed by atoms with Crippen LogP contribution < -0.4 is 4.90 Å². The van der Waals surface area contributed by atoms with E-state index in [4.69, 9.17) is 4.74 Å². The molecule has 0 spiro atoms. The Balaban J connectivity index is 2.14. The molecular weight excluding hydrogens is 226 g/mol. The molecule has 0 amide bonds. The fourth-order valence-corrected chi connectivity index (χ4v) is 2.38. The minimum Gasteiger partial charge on any atom is -0.389 e. The van der Waals surface area contributed by atoms with Crippen molar-refractivity contribution in [2.75, 3.05) is 31.7 Å². The van der Waals surface area contributed by atoms with Crippen LogP contribution in [0.25, 0.3) is 0 Å². The molecule has 0 fully saturated rings. The number of rotatable bonds is 4. The van der Waals surface area contributed by atoms with Crippen LogP contribution in [-0.2, 0) is 4.74 Å². The largest absolute Gasteiger partial charge is 0.389 e. The fraction of sp³-hybridized carbons (Fsp3) is 0.467. The molecule has 1 aromatic carbocycles. The molecular formula is C15H21NO2. The summed E-state index contributed by atoms with van der Waals surface area (Å²) >= 11 is 0. The summed E-state index contributed by atoms with van der Waals surface area (Å²) in [6, 6.07) is 8.07. The van der Waals surface area contributed by atoms with E-state index in [1.807, 2.05) is 25.1 Å². The van der Waals surface area contributed by atoms with Gasteiger partial charge in [-0.05, 0) is 25.0 Å². The van der Waals surface area contributed by atoms with Crippen LogP contribution in [0.1, 0.15) is 25.0 Å². The minimum atomic E-state index is -0.425. The molecule has 18 heavy (non-hydrogen) atoms. The third kappa shape index (κ3) is 2.92. The Morgan fingerprint density at radius 2 is 2.17 bits per heavy atom. The van der Waals surface area contributed by atoms with Gasteiger partial charge in [0.2, 0.25) is 0 Å². The van der Waals surface area contributed by atoms with E-state index >= 15 is 0 Å². The number of benzene rings is 1. The van der Waals surface area contributed by atoms with Crippen molar-refractivity contribution in [1.82, 2.24) is 0 Å². The van der Waals surface area contributed by atoms with E-state index in [1.165, 1.54) is 5.57 Å². The Kier molecular flexibility index (Phi) is 4.39. The Labute approximate surface area is 109 Å². The number of para-hydroxylation sites is 1. The Morgan fingerprint density at radius 1 is 1.39 bits per heavy atom. The van der Waals surface area contributed by atoms with Crippen LogP contribution in [0, 0.1) is 0 Å². The fourth-order valence-electron chi connectivity index (χ4n) is 2.38. The van der Waals surface area contributed by atoms with Crippen molar-refractivity contribution < 1.29 is 9.84 Å². The van der Waals surface area contributed by atoms with Gasteiger partial charge in [-0.15, -0.1) is 0 Å². The van der Waals surface area contributed by atoms with Crippen LogP contribution in [0.3, 0.4) is 0 Å². The van der Waals surface area contributed by atoms with Crippen molar-refractivity contribution in [1.29, 1.82) is 0 Å². The topological polar surface area (TPSA) is 32.7 Å². The van der Waals surface area contributed by atoms with Gasteiger partial charge in [-0.1, -0.05) is 24.3 Å². The van der Waals surface area contributed by atoms with E-state index in [2.05, 4.69) is 17.0 Å². The molecule has 3 heteroatoms. The van der Waals surface area contributed by atoms with Gasteiger partial charge in [0.15, 0.2) is 0 Å². The summed E-state index contributed by atoms with van der Waals surface area (Å²) < 4.78 is 5.16. The number of methoxy groups -OCH3 is 1. The van der Waals surface area contributed by atoms with Crippen molar-refractivity contribution >= 4 is 5.69 Å². The number of hydrogen-bond donors (Lipinski definition) is 1. The standard InChI is InChI=1S/C15H21NO2/c1-12(17)14-5-3-4-6-15(14)16-9-7-13(8-10-16)11-18-2/h3-7,12,17H,8-11H2,1-2H3. The zero-order chi connectivity index (χ0) is 13.0. The molecule has 1 aromatic rings. The zero-order valence-corrected chi connectivity index (χ0v) is 11.1. The summed E-state index contributed by atoms with van der Waals surface area (Å²) in [5, 5.41) is 9.81. The smallest absolute Gasteiger partial charge is 0.0781 e. The number of ether oxygens (including phenoxy) is 1. The number of aliphatic hydroxyl groups excluding tert-OH is 1. The first-order chi connectivity index (χ1) is 8.72. The van der Waals surface area contributed by atoms with Crippen LogP contribution >= 0.6 is 0 Å². The SMILES string of the molecule is COCC1=CCN(c2ccccc2C(C)O)CC1. The van der Waals surface area contributed by atoms with Gasteiger partial charge in [-0.3, -0.25) is 0 Å². The predicted octanol–water partition coefficient (Wildman–Crippen LogP) is 2.52. The molecule has 3 nitrogen and oxygen atoms in total.